The molecule has 0 aromatic heterocycles. The van der Waals surface area contributed by atoms with Crippen LogP contribution in [0.25, 0.3) is 0 Å². The summed E-state index contributed by atoms with van der Waals surface area (Å²) >= 11 is 0. The first-order valence-corrected chi connectivity index (χ1v) is 7.17. The largest absolute Gasteiger partial charge is 0.394 e. The third-order valence-electron chi connectivity index (χ3n) is 4.10. The lowest BCUT2D eigenvalue weighted by atomic mass is 9.96. The summed E-state index contributed by atoms with van der Waals surface area (Å²) in [4.78, 5) is 0. The molecule has 2 aliphatic rings. The Kier molecular flexibility index (Phi) is 6.12. The highest BCUT2D eigenvalue weighted by Crippen LogP contribution is 2.35. The van der Waals surface area contributed by atoms with Crippen molar-refractivity contribution >= 4 is 0 Å². The smallest absolute Gasteiger partial charge is 0.226 e. The van der Waals surface area contributed by atoms with Crippen molar-refractivity contribution in [3.63, 3.8) is 0 Å². The lowest BCUT2D eigenvalue weighted by molar-refractivity contribution is -0.430. The van der Waals surface area contributed by atoms with Gasteiger partial charge in [0.15, 0.2) is 12.6 Å². The summed E-state index contributed by atoms with van der Waals surface area (Å²) in [5.74, 6) is -2.48. The van der Waals surface area contributed by atoms with Crippen LogP contribution in [0.15, 0.2) is 0 Å². The van der Waals surface area contributed by atoms with E-state index in [-0.39, 0.29) is 0 Å². The number of rotatable bonds is 5. The lowest BCUT2D eigenvalue weighted by Crippen LogP contribution is -2.68. The summed E-state index contributed by atoms with van der Waals surface area (Å²) in [5.41, 5.74) is 0. The summed E-state index contributed by atoms with van der Waals surface area (Å²) in [5, 5.41) is 86.2. The Morgan fingerprint density at radius 1 is 0.917 bits per heavy atom. The van der Waals surface area contributed by atoms with Crippen LogP contribution in [0.1, 0.15) is 0 Å². The Bertz CT molecular complexity index is 423. The van der Waals surface area contributed by atoms with Crippen molar-refractivity contribution < 1.29 is 60.2 Å². The van der Waals surface area contributed by atoms with Gasteiger partial charge in [0, 0.05) is 0 Å². The monoisotopic (exact) mass is 358 g/mol. The predicted octanol–water partition coefficient (Wildman–Crippen LogP) is -6.08. The first-order chi connectivity index (χ1) is 11.2. The SMILES string of the molecule is OC[C@@H](O)[C@H]1OC(O[C@]2(CO)OC(O)[C@H](O)[C@@H](O)[C@@H]2O)[C@H](O)[C@H]1O. The van der Waals surface area contributed by atoms with Gasteiger partial charge in [-0.25, -0.2) is 0 Å². The number of aliphatic hydroxyl groups excluding tert-OH is 9. The molecule has 0 spiro atoms. The molecule has 9 N–H and O–H groups in total. The van der Waals surface area contributed by atoms with Crippen molar-refractivity contribution in [2.24, 2.45) is 0 Å². The van der Waals surface area contributed by atoms with Crippen LogP contribution < -0.4 is 0 Å². The third kappa shape index (κ3) is 3.29. The van der Waals surface area contributed by atoms with Gasteiger partial charge in [0.05, 0.1) is 6.61 Å². The van der Waals surface area contributed by atoms with Crippen LogP contribution in [-0.2, 0) is 14.2 Å². The third-order valence-corrected chi connectivity index (χ3v) is 4.10. The minimum atomic E-state index is -2.48. The van der Waals surface area contributed by atoms with Crippen molar-refractivity contribution in [2.75, 3.05) is 13.2 Å². The van der Waals surface area contributed by atoms with E-state index >= 15 is 0 Å². The molecule has 2 unspecified atom stereocenters. The van der Waals surface area contributed by atoms with Crippen molar-refractivity contribution in [3.8, 4) is 0 Å². The fraction of sp³-hybridized carbons (Fsp3) is 1.00. The van der Waals surface area contributed by atoms with Gasteiger partial charge in [-0.2, -0.15) is 0 Å². The zero-order chi connectivity index (χ0) is 18.2. The number of aliphatic hydroxyl groups is 9. The van der Waals surface area contributed by atoms with E-state index in [4.69, 9.17) is 19.3 Å². The maximum absolute atomic E-state index is 9.99. The van der Waals surface area contributed by atoms with Gasteiger partial charge in [-0.15, -0.1) is 0 Å². The molecular weight excluding hydrogens is 336 g/mol. The zero-order valence-corrected chi connectivity index (χ0v) is 12.4. The molecule has 0 aromatic carbocycles. The summed E-state index contributed by atoms with van der Waals surface area (Å²) < 4.78 is 15.0. The van der Waals surface area contributed by atoms with Crippen LogP contribution in [0.5, 0.6) is 0 Å². The summed E-state index contributed by atoms with van der Waals surface area (Å²) in [7, 11) is 0. The first-order valence-electron chi connectivity index (χ1n) is 7.17. The van der Waals surface area contributed by atoms with Crippen molar-refractivity contribution in [2.45, 2.75) is 61.1 Å². The van der Waals surface area contributed by atoms with Gasteiger partial charge in [0.1, 0.15) is 49.3 Å². The zero-order valence-electron chi connectivity index (χ0n) is 12.4. The highest BCUT2D eigenvalue weighted by molar-refractivity contribution is 4.97. The molecule has 24 heavy (non-hydrogen) atoms. The predicted molar refractivity (Wildman–Crippen MR) is 69.8 cm³/mol. The summed E-state index contributed by atoms with van der Waals surface area (Å²) in [6.07, 6.45) is -16.1. The molecule has 2 heterocycles. The Morgan fingerprint density at radius 2 is 1.54 bits per heavy atom. The molecule has 2 saturated heterocycles. The molecule has 10 atom stereocenters. The second-order valence-corrected chi connectivity index (χ2v) is 5.72. The highest BCUT2D eigenvalue weighted by Gasteiger charge is 2.58. The number of hydrogen-bond acceptors (Lipinski definition) is 12. The van der Waals surface area contributed by atoms with Gasteiger partial charge in [0.2, 0.25) is 5.79 Å². The van der Waals surface area contributed by atoms with Crippen molar-refractivity contribution in [1.29, 1.82) is 0 Å². The van der Waals surface area contributed by atoms with Gasteiger partial charge in [-0.3, -0.25) is 0 Å². The molecule has 0 bridgehead atoms. The van der Waals surface area contributed by atoms with Crippen LogP contribution in [0.3, 0.4) is 0 Å². The fourth-order valence-electron chi connectivity index (χ4n) is 2.61. The normalized spacial score (nSPS) is 50.9. The molecule has 0 aromatic rings. The van der Waals surface area contributed by atoms with Gasteiger partial charge in [0.25, 0.3) is 0 Å². The molecule has 142 valence electrons. The van der Waals surface area contributed by atoms with Gasteiger partial charge >= 0.3 is 0 Å². The molecule has 12 nitrogen and oxygen atoms in total. The molecule has 0 aliphatic carbocycles. The highest BCUT2D eigenvalue weighted by atomic mass is 16.8. The number of hydrogen-bond donors (Lipinski definition) is 9. The minimum absolute atomic E-state index is 0.783. The van der Waals surface area contributed by atoms with E-state index in [1.54, 1.807) is 0 Å². The van der Waals surface area contributed by atoms with Crippen LogP contribution >= 0.6 is 0 Å². The van der Waals surface area contributed by atoms with Gasteiger partial charge in [-0.05, 0) is 0 Å². The number of ether oxygens (including phenoxy) is 3. The van der Waals surface area contributed by atoms with E-state index in [0.717, 1.165) is 0 Å². The quantitative estimate of drug-likeness (QED) is 0.225. The van der Waals surface area contributed by atoms with E-state index in [2.05, 4.69) is 0 Å². The molecule has 2 rings (SSSR count). The Hall–Kier alpha value is -0.480. The second kappa shape index (κ2) is 7.41. The fourth-order valence-corrected chi connectivity index (χ4v) is 2.61. The molecule has 12 heteroatoms. The lowest BCUT2D eigenvalue weighted by Gasteiger charge is -2.46. The average Bonchev–Trinajstić information content (AvgIpc) is 2.85. The van der Waals surface area contributed by atoms with E-state index in [1.165, 1.54) is 0 Å². The van der Waals surface area contributed by atoms with Crippen LogP contribution in [0, 0.1) is 0 Å². The Balaban J connectivity index is 2.18. The minimum Gasteiger partial charge on any atom is -0.394 e. The standard InChI is InChI=1S/C12H22O12/c13-1-3(15)8-4(16)7(19)11(22-8)24-12(2-14)9(20)5(17)6(18)10(21)23-12/h3-11,13-21H,1-2H2/t3-,4-,5-,6-,7-,8-,9+,10?,11?,12+/m1/s1. The second-order valence-electron chi connectivity index (χ2n) is 5.72. The van der Waals surface area contributed by atoms with Crippen LogP contribution in [0.2, 0.25) is 0 Å². The van der Waals surface area contributed by atoms with Crippen molar-refractivity contribution in [1.82, 2.24) is 0 Å². The first kappa shape index (κ1) is 19.8. The molecule has 2 fully saturated rings. The molecule has 0 radical (unpaired) electrons. The van der Waals surface area contributed by atoms with Crippen LogP contribution in [-0.4, -0.2) is 120 Å². The summed E-state index contributed by atoms with van der Waals surface area (Å²) in [6, 6.07) is 0. The van der Waals surface area contributed by atoms with Crippen molar-refractivity contribution in [3.05, 3.63) is 0 Å². The molecule has 2 aliphatic heterocycles. The summed E-state index contributed by atoms with van der Waals surface area (Å²) in [6.45, 7) is -1.90. The van der Waals surface area contributed by atoms with E-state index in [0.29, 0.717) is 0 Å². The average molecular weight is 358 g/mol. The van der Waals surface area contributed by atoms with Gasteiger partial charge in [-0.1, -0.05) is 0 Å². The Labute approximate surface area is 135 Å². The topological polar surface area (TPSA) is 210 Å². The van der Waals surface area contributed by atoms with E-state index in [9.17, 15) is 40.9 Å². The van der Waals surface area contributed by atoms with E-state index < -0.39 is 74.3 Å². The molecule has 0 saturated carbocycles. The Morgan fingerprint density at radius 3 is 2.08 bits per heavy atom. The van der Waals surface area contributed by atoms with E-state index in [1.807, 2.05) is 0 Å². The molecule has 0 amide bonds. The maximum atomic E-state index is 9.99. The van der Waals surface area contributed by atoms with Crippen LogP contribution in [0.4, 0.5) is 0 Å². The van der Waals surface area contributed by atoms with Gasteiger partial charge < -0.3 is 60.2 Å². The maximum Gasteiger partial charge on any atom is 0.226 e. The molecular formula is C12H22O12.